The van der Waals surface area contributed by atoms with Crippen molar-refractivity contribution in [1.29, 1.82) is 0 Å². The van der Waals surface area contributed by atoms with Gasteiger partial charge in [-0.3, -0.25) is 14.4 Å². The van der Waals surface area contributed by atoms with Gasteiger partial charge in [-0.1, -0.05) is 94.7 Å². The summed E-state index contributed by atoms with van der Waals surface area (Å²) in [7, 11) is 0. The Kier molecular flexibility index (Phi) is 11.6. The highest BCUT2D eigenvalue weighted by Gasteiger charge is 2.29. The van der Waals surface area contributed by atoms with Gasteiger partial charge in [-0.05, 0) is 50.3 Å². The predicted molar refractivity (Wildman–Crippen MR) is 148 cm³/mol. The number of carbonyl (C=O) groups excluding carboxylic acids is 3. The fourth-order valence-corrected chi connectivity index (χ4v) is 4.76. The van der Waals surface area contributed by atoms with E-state index in [0.717, 1.165) is 25.7 Å². The van der Waals surface area contributed by atoms with Crippen LogP contribution in [-0.2, 0) is 4.79 Å². The van der Waals surface area contributed by atoms with Gasteiger partial charge in [0.2, 0.25) is 5.91 Å². The molecule has 0 radical (unpaired) electrons. The van der Waals surface area contributed by atoms with Crippen LogP contribution in [0.4, 0.5) is 5.69 Å². The topological polar surface area (TPSA) is 63.2 Å². The molecule has 0 unspecified atom stereocenters. The summed E-state index contributed by atoms with van der Waals surface area (Å²) in [4.78, 5) is 37.9. The van der Waals surface area contributed by atoms with E-state index in [-0.39, 0.29) is 17.5 Å². The summed E-state index contributed by atoms with van der Waals surface area (Å²) in [6.45, 7) is 2.26. The monoisotopic (exact) mass is 487 g/mol. The van der Waals surface area contributed by atoms with Crippen LogP contribution in [0.2, 0.25) is 0 Å². The Bertz CT molecular complexity index is 1050. The number of hydrogen-bond acceptors (Lipinski definition) is 3. The molecule has 3 rings (SSSR count). The van der Waals surface area contributed by atoms with Crippen LogP contribution in [0.3, 0.4) is 0 Å². The lowest BCUT2D eigenvalue weighted by molar-refractivity contribution is -0.116. The number of benzene rings is 2. The molecule has 0 atom stereocenters. The van der Waals surface area contributed by atoms with Crippen molar-refractivity contribution in [2.75, 3.05) is 5.32 Å². The van der Waals surface area contributed by atoms with Crippen LogP contribution >= 0.6 is 0 Å². The molecule has 0 heterocycles. The van der Waals surface area contributed by atoms with Crippen LogP contribution in [-0.4, -0.2) is 17.5 Å². The molecule has 2 aromatic carbocycles. The van der Waals surface area contributed by atoms with Gasteiger partial charge >= 0.3 is 0 Å². The van der Waals surface area contributed by atoms with Gasteiger partial charge in [-0.2, -0.15) is 0 Å². The number of ketones is 2. The van der Waals surface area contributed by atoms with Gasteiger partial charge in [0.25, 0.3) is 0 Å². The predicted octanol–water partition coefficient (Wildman–Crippen LogP) is 8.44. The molecule has 0 bridgehead atoms. The van der Waals surface area contributed by atoms with Gasteiger partial charge in [0.05, 0.1) is 0 Å². The number of unbranched alkanes of at least 4 members (excludes halogenated alkanes) is 11. The van der Waals surface area contributed by atoms with Gasteiger partial charge in [0, 0.05) is 34.4 Å². The lowest BCUT2D eigenvalue weighted by Gasteiger charge is -2.18. The molecular weight excluding hydrogens is 446 g/mol. The van der Waals surface area contributed by atoms with E-state index in [0.29, 0.717) is 34.4 Å². The molecule has 4 nitrogen and oxygen atoms in total. The average Bonchev–Trinajstić information content (AvgIpc) is 2.89. The number of hydrogen-bond donors (Lipinski definition) is 1. The maximum absolute atomic E-state index is 12.9. The molecule has 36 heavy (non-hydrogen) atoms. The molecule has 1 amide bonds. The molecule has 0 aliphatic heterocycles. The largest absolute Gasteiger partial charge is 0.326 e. The first-order valence-corrected chi connectivity index (χ1v) is 13.9. The van der Waals surface area contributed by atoms with Gasteiger partial charge in [0.1, 0.15) is 0 Å². The first-order valence-electron chi connectivity index (χ1n) is 13.9. The third kappa shape index (κ3) is 8.29. The third-order valence-electron chi connectivity index (χ3n) is 6.87. The normalized spacial score (nSPS) is 12.6. The van der Waals surface area contributed by atoms with Crippen molar-refractivity contribution in [3.8, 4) is 0 Å². The molecule has 4 heteroatoms. The number of carbonyl (C=O) groups is 3. The van der Waals surface area contributed by atoms with E-state index >= 15 is 0 Å². The van der Waals surface area contributed by atoms with Crippen LogP contribution in [0.25, 0.3) is 0 Å². The van der Waals surface area contributed by atoms with Crippen molar-refractivity contribution in [3.63, 3.8) is 0 Å². The van der Waals surface area contributed by atoms with E-state index in [4.69, 9.17) is 0 Å². The molecule has 1 aliphatic carbocycles. The van der Waals surface area contributed by atoms with E-state index in [1.54, 1.807) is 42.5 Å². The summed E-state index contributed by atoms with van der Waals surface area (Å²) in [5.41, 5.74) is 2.18. The lowest BCUT2D eigenvalue weighted by Crippen LogP contribution is -2.21. The number of allylic oxidation sites excluding steroid dienone is 2. The number of anilines is 1. The summed E-state index contributed by atoms with van der Waals surface area (Å²) >= 11 is 0. The summed E-state index contributed by atoms with van der Waals surface area (Å²) < 4.78 is 0. The molecule has 0 fully saturated rings. The molecule has 0 aromatic heterocycles. The minimum Gasteiger partial charge on any atom is -0.326 e. The van der Waals surface area contributed by atoms with E-state index in [1.807, 2.05) is 0 Å². The minimum atomic E-state index is -0.173. The maximum atomic E-state index is 12.9. The molecule has 192 valence electrons. The molecule has 1 N–H and O–H groups in total. The number of fused-ring (bicyclic) bond motifs is 2. The quantitative estimate of drug-likeness (QED) is 0.163. The molecule has 0 spiro atoms. The molecule has 0 saturated heterocycles. The fourth-order valence-electron chi connectivity index (χ4n) is 4.76. The highest BCUT2D eigenvalue weighted by atomic mass is 16.2. The van der Waals surface area contributed by atoms with Crippen LogP contribution in [0, 0.1) is 0 Å². The Hall–Kier alpha value is -3.01. The second-order valence-electron chi connectivity index (χ2n) is 9.85. The van der Waals surface area contributed by atoms with Crippen molar-refractivity contribution in [2.24, 2.45) is 0 Å². The molecule has 0 saturated carbocycles. The first kappa shape index (κ1) is 27.6. The highest BCUT2D eigenvalue weighted by molar-refractivity contribution is 6.28. The van der Waals surface area contributed by atoms with Crippen molar-refractivity contribution >= 4 is 23.2 Å². The van der Waals surface area contributed by atoms with Gasteiger partial charge in [-0.15, -0.1) is 0 Å². The Morgan fingerprint density at radius 2 is 1.19 bits per heavy atom. The van der Waals surface area contributed by atoms with Crippen LogP contribution in [0.15, 0.2) is 54.6 Å². The van der Waals surface area contributed by atoms with Crippen molar-refractivity contribution < 1.29 is 14.4 Å². The van der Waals surface area contributed by atoms with E-state index < -0.39 is 0 Å². The highest BCUT2D eigenvalue weighted by Crippen LogP contribution is 2.29. The minimum absolute atomic E-state index is 0.0532. The third-order valence-corrected chi connectivity index (χ3v) is 6.87. The van der Waals surface area contributed by atoms with E-state index in [1.165, 1.54) is 57.8 Å². The van der Waals surface area contributed by atoms with Gasteiger partial charge < -0.3 is 5.32 Å². The van der Waals surface area contributed by atoms with Crippen molar-refractivity contribution in [2.45, 2.75) is 96.8 Å². The Labute approximate surface area is 216 Å². The zero-order valence-corrected chi connectivity index (χ0v) is 21.8. The standard InChI is InChI=1S/C32H41NO3/c1-2-3-4-5-6-7-8-9-10-11-12-13-14-15-16-21-30(34)33-25-22-23-28-29(24-25)32(36)27-20-18-17-19-26(27)31(28)35/h9-10,17-20,22-24H,2-8,11-16,21H2,1H3,(H,33,34)/b10-9-. The zero-order valence-electron chi connectivity index (χ0n) is 21.8. The summed E-state index contributed by atoms with van der Waals surface area (Å²) in [6, 6.07) is 11.9. The second kappa shape index (κ2) is 15.2. The fraction of sp³-hybridized carbons (Fsp3) is 0.469. The first-order chi connectivity index (χ1) is 17.6. The zero-order chi connectivity index (χ0) is 25.6. The van der Waals surface area contributed by atoms with Crippen LogP contribution in [0.5, 0.6) is 0 Å². The lowest BCUT2D eigenvalue weighted by atomic mass is 9.84. The SMILES string of the molecule is CCCCCCCC/C=C\CCCCCCCC(=O)Nc1ccc2c(c1)C(=O)c1ccccc1C2=O. The molecular formula is C32H41NO3. The number of nitrogens with one attached hydrogen (secondary N) is 1. The Balaban J connectivity index is 1.28. The Morgan fingerprint density at radius 1 is 0.667 bits per heavy atom. The van der Waals surface area contributed by atoms with E-state index in [9.17, 15) is 14.4 Å². The van der Waals surface area contributed by atoms with Crippen LogP contribution in [0.1, 0.15) is 129 Å². The summed E-state index contributed by atoms with van der Waals surface area (Å²) in [6.07, 6.45) is 21.1. The van der Waals surface area contributed by atoms with Crippen molar-refractivity contribution in [1.82, 2.24) is 0 Å². The average molecular weight is 488 g/mol. The smallest absolute Gasteiger partial charge is 0.224 e. The summed E-state index contributed by atoms with van der Waals surface area (Å²) in [5.74, 6) is -0.373. The van der Waals surface area contributed by atoms with Crippen LogP contribution < -0.4 is 5.32 Å². The molecule has 1 aliphatic rings. The maximum Gasteiger partial charge on any atom is 0.224 e. The van der Waals surface area contributed by atoms with Crippen molar-refractivity contribution in [3.05, 3.63) is 76.9 Å². The number of amides is 1. The Morgan fingerprint density at radius 3 is 1.83 bits per heavy atom. The van der Waals surface area contributed by atoms with Gasteiger partial charge in [0.15, 0.2) is 11.6 Å². The van der Waals surface area contributed by atoms with Gasteiger partial charge in [-0.25, -0.2) is 0 Å². The number of rotatable bonds is 16. The molecule has 2 aromatic rings. The van der Waals surface area contributed by atoms with E-state index in [2.05, 4.69) is 24.4 Å². The second-order valence-corrected chi connectivity index (χ2v) is 9.85. The summed E-state index contributed by atoms with van der Waals surface area (Å²) in [5, 5.41) is 2.89.